The highest BCUT2D eigenvalue weighted by molar-refractivity contribution is 7.92. The van der Waals surface area contributed by atoms with E-state index in [9.17, 15) is 23.3 Å². The molecule has 24 heavy (non-hydrogen) atoms. The molecule has 0 spiro atoms. The van der Waals surface area contributed by atoms with Gasteiger partial charge in [0.25, 0.3) is 15.7 Å². The monoisotopic (exact) mass is 348 g/mol. The predicted octanol–water partition coefficient (Wildman–Crippen LogP) is 3.22. The van der Waals surface area contributed by atoms with Crippen LogP contribution in [-0.2, 0) is 10.0 Å². The number of anilines is 1. The lowest BCUT2D eigenvalue weighted by Crippen LogP contribution is -2.15. The molecule has 0 aliphatic rings. The standard InChI is InChI=1S/C16H16N2O5S/c1-10-4-6-14(18(20)21)9-16(10)24(22,23)17-13-5-7-15(12(3)19)11(2)8-13/h4-9,17H,1-3H3. The van der Waals surface area contributed by atoms with Crippen LogP contribution >= 0.6 is 0 Å². The number of ketones is 1. The van der Waals surface area contributed by atoms with Crippen molar-refractivity contribution in [3.63, 3.8) is 0 Å². The van der Waals surface area contributed by atoms with E-state index in [2.05, 4.69) is 4.72 Å². The summed E-state index contributed by atoms with van der Waals surface area (Å²) in [6.45, 7) is 4.69. The van der Waals surface area contributed by atoms with Crippen molar-refractivity contribution in [2.75, 3.05) is 4.72 Å². The summed E-state index contributed by atoms with van der Waals surface area (Å²) in [7, 11) is -3.99. The first-order valence-electron chi connectivity index (χ1n) is 7.01. The molecule has 0 atom stereocenters. The number of rotatable bonds is 5. The molecule has 0 aromatic heterocycles. The molecule has 8 heteroatoms. The topological polar surface area (TPSA) is 106 Å². The van der Waals surface area contributed by atoms with Crippen LogP contribution in [0, 0.1) is 24.0 Å². The molecule has 0 aliphatic carbocycles. The van der Waals surface area contributed by atoms with Gasteiger partial charge in [0.15, 0.2) is 5.78 Å². The highest BCUT2D eigenvalue weighted by Crippen LogP contribution is 2.25. The fourth-order valence-corrected chi connectivity index (χ4v) is 3.64. The highest BCUT2D eigenvalue weighted by Gasteiger charge is 2.21. The van der Waals surface area contributed by atoms with E-state index in [0.717, 1.165) is 6.07 Å². The number of nitrogens with one attached hydrogen (secondary N) is 1. The van der Waals surface area contributed by atoms with Crippen molar-refractivity contribution < 1.29 is 18.1 Å². The molecule has 0 heterocycles. The molecule has 2 rings (SSSR count). The van der Waals surface area contributed by atoms with Crippen LogP contribution in [-0.4, -0.2) is 19.1 Å². The molecular formula is C16H16N2O5S. The van der Waals surface area contributed by atoms with Crippen LogP contribution in [0.1, 0.15) is 28.4 Å². The van der Waals surface area contributed by atoms with Crippen molar-refractivity contribution in [2.24, 2.45) is 0 Å². The van der Waals surface area contributed by atoms with Gasteiger partial charge in [0.2, 0.25) is 0 Å². The summed E-state index contributed by atoms with van der Waals surface area (Å²) in [6, 6.07) is 8.22. The van der Waals surface area contributed by atoms with Gasteiger partial charge in [-0.15, -0.1) is 0 Å². The van der Waals surface area contributed by atoms with Gasteiger partial charge in [-0.1, -0.05) is 6.07 Å². The van der Waals surface area contributed by atoms with E-state index in [-0.39, 0.29) is 22.1 Å². The van der Waals surface area contributed by atoms with Crippen LogP contribution in [0.2, 0.25) is 0 Å². The van der Waals surface area contributed by atoms with Crippen molar-refractivity contribution in [3.8, 4) is 0 Å². The van der Waals surface area contributed by atoms with Gasteiger partial charge >= 0.3 is 0 Å². The van der Waals surface area contributed by atoms with Gasteiger partial charge in [-0.2, -0.15) is 0 Å². The summed E-state index contributed by atoms with van der Waals surface area (Å²) in [6.07, 6.45) is 0. The number of nitro benzene ring substituents is 1. The summed E-state index contributed by atoms with van der Waals surface area (Å²) in [5.74, 6) is -0.114. The van der Waals surface area contributed by atoms with Gasteiger partial charge in [0, 0.05) is 23.4 Å². The first-order valence-corrected chi connectivity index (χ1v) is 8.49. The maximum absolute atomic E-state index is 12.5. The van der Waals surface area contributed by atoms with Crippen LogP contribution in [0.25, 0.3) is 0 Å². The SMILES string of the molecule is CC(=O)c1ccc(NS(=O)(=O)c2cc([N+](=O)[O-])ccc2C)cc1C. The molecule has 2 aromatic rings. The third-order valence-electron chi connectivity index (χ3n) is 3.53. The number of Topliss-reactive ketones (excluding diaryl/α,β-unsaturated/α-hetero) is 1. The minimum Gasteiger partial charge on any atom is -0.295 e. The normalized spacial score (nSPS) is 11.1. The zero-order valence-corrected chi connectivity index (χ0v) is 14.2. The van der Waals surface area contributed by atoms with Crippen LogP contribution < -0.4 is 4.72 Å². The van der Waals surface area contributed by atoms with Crippen molar-refractivity contribution >= 4 is 27.2 Å². The largest absolute Gasteiger partial charge is 0.295 e. The predicted molar refractivity (Wildman–Crippen MR) is 89.8 cm³/mol. The zero-order chi connectivity index (χ0) is 18.1. The van der Waals surface area contributed by atoms with E-state index in [1.165, 1.54) is 31.2 Å². The Kier molecular flexibility index (Phi) is 4.70. The van der Waals surface area contributed by atoms with E-state index < -0.39 is 14.9 Å². The highest BCUT2D eigenvalue weighted by atomic mass is 32.2. The molecule has 0 radical (unpaired) electrons. The second-order valence-electron chi connectivity index (χ2n) is 5.40. The van der Waals surface area contributed by atoms with Gasteiger partial charge in [-0.05, 0) is 50.1 Å². The minimum atomic E-state index is -3.99. The maximum atomic E-state index is 12.5. The van der Waals surface area contributed by atoms with Gasteiger partial charge in [-0.3, -0.25) is 19.6 Å². The lowest BCUT2D eigenvalue weighted by Gasteiger charge is -2.12. The Bertz CT molecular complexity index is 935. The number of hydrogen-bond acceptors (Lipinski definition) is 5. The molecule has 0 saturated carbocycles. The second-order valence-corrected chi connectivity index (χ2v) is 7.05. The average molecular weight is 348 g/mol. The molecular weight excluding hydrogens is 332 g/mol. The summed E-state index contributed by atoms with van der Waals surface area (Å²) < 4.78 is 27.4. The molecule has 1 N–H and O–H groups in total. The van der Waals surface area contributed by atoms with Crippen molar-refractivity contribution in [1.29, 1.82) is 0 Å². The van der Waals surface area contributed by atoms with E-state index in [4.69, 9.17) is 0 Å². The zero-order valence-electron chi connectivity index (χ0n) is 13.4. The van der Waals surface area contributed by atoms with E-state index in [1.54, 1.807) is 19.9 Å². The number of aryl methyl sites for hydroxylation is 2. The molecule has 0 bridgehead atoms. The van der Waals surface area contributed by atoms with Gasteiger partial charge in [0.05, 0.1) is 9.82 Å². The van der Waals surface area contributed by atoms with E-state index >= 15 is 0 Å². The Labute approximate surface area is 139 Å². The summed E-state index contributed by atoms with van der Waals surface area (Å²) in [5.41, 5.74) is 1.51. The Morgan fingerprint density at radius 2 is 1.75 bits per heavy atom. The van der Waals surface area contributed by atoms with Gasteiger partial charge in [-0.25, -0.2) is 8.42 Å². The fourth-order valence-electron chi connectivity index (χ4n) is 2.32. The lowest BCUT2D eigenvalue weighted by atomic mass is 10.1. The van der Waals surface area contributed by atoms with Crippen LogP contribution in [0.5, 0.6) is 0 Å². The first kappa shape index (κ1) is 17.6. The Hall–Kier alpha value is -2.74. The second kappa shape index (κ2) is 6.40. The fraction of sp³-hybridized carbons (Fsp3) is 0.188. The molecule has 126 valence electrons. The third-order valence-corrected chi connectivity index (χ3v) is 5.05. The smallest absolute Gasteiger partial charge is 0.270 e. The molecule has 0 fully saturated rings. The molecule has 7 nitrogen and oxygen atoms in total. The van der Waals surface area contributed by atoms with E-state index in [1.807, 2.05) is 0 Å². The third kappa shape index (κ3) is 3.60. The maximum Gasteiger partial charge on any atom is 0.270 e. The Morgan fingerprint density at radius 1 is 1.08 bits per heavy atom. The van der Waals surface area contributed by atoms with Crippen LogP contribution in [0.3, 0.4) is 0 Å². The van der Waals surface area contributed by atoms with Crippen LogP contribution in [0.4, 0.5) is 11.4 Å². The van der Waals surface area contributed by atoms with Crippen LogP contribution in [0.15, 0.2) is 41.3 Å². The summed E-state index contributed by atoms with van der Waals surface area (Å²) in [5, 5.41) is 10.9. The van der Waals surface area contributed by atoms with Gasteiger partial charge < -0.3 is 0 Å². The first-order chi connectivity index (χ1) is 11.1. The average Bonchev–Trinajstić information content (AvgIpc) is 2.46. The number of nitro groups is 1. The van der Waals surface area contributed by atoms with Crippen molar-refractivity contribution in [1.82, 2.24) is 0 Å². The molecule has 2 aromatic carbocycles. The van der Waals surface area contributed by atoms with E-state index in [0.29, 0.717) is 16.7 Å². The summed E-state index contributed by atoms with van der Waals surface area (Å²) >= 11 is 0. The van der Waals surface area contributed by atoms with Gasteiger partial charge in [0.1, 0.15) is 0 Å². The molecule has 0 saturated heterocycles. The number of carbonyl (C=O) groups excluding carboxylic acids is 1. The molecule has 0 aliphatic heterocycles. The van der Waals surface area contributed by atoms with Crippen molar-refractivity contribution in [3.05, 3.63) is 63.2 Å². The molecule has 0 amide bonds. The number of benzene rings is 2. The number of nitrogens with zero attached hydrogens (tertiary/aromatic N) is 1. The van der Waals surface area contributed by atoms with Crippen molar-refractivity contribution in [2.45, 2.75) is 25.7 Å². The number of non-ortho nitro benzene ring substituents is 1. The number of sulfonamides is 1. The molecule has 0 unspecified atom stereocenters. The Morgan fingerprint density at radius 3 is 2.29 bits per heavy atom. The lowest BCUT2D eigenvalue weighted by molar-refractivity contribution is -0.385. The number of hydrogen-bond donors (Lipinski definition) is 1. The number of carbonyl (C=O) groups is 1. The minimum absolute atomic E-state index is 0.114. The summed E-state index contributed by atoms with van der Waals surface area (Å²) in [4.78, 5) is 21.5. The quantitative estimate of drug-likeness (QED) is 0.507. The Balaban J connectivity index is 2.42.